The molecule has 0 atom stereocenters. The van der Waals surface area contributed by atoms with E-state index in [2.05, 4.69) is 6.92 Å². The SMILES string of the molecule is CCCCCCOCCCCCCCOCCCCCCCC[O]. The quantitative estimate of drug-likeness (QED) is 0.229. The molecule has 0 aromatic rings. The summed E-state index contributed by atoms with van der Waals surface area (Å²) in [7, 11) is 0. The molecular weight excluding hydrogens is 300 g/mol. The first-order valence-electron chi connectivity index (χ1n) is 10.7. The van der Waals surface area contributed by atoms with E-state index in [1.807, 2.05) is 0 Å². The van der Waals surface area contributed by atoms with Crippen molar-refractivity contribution in [1.82, 2.24) is 0 Å². The summed E-state index contributed by atoms with van der Waals surface area (Å²) in [6.45, 7) is 6.06. The van der Waals surface area contributed by atoms with Gasteiger partial charge in [0.25, 0.3) is 0 Å². The maximum atomic E-state index is 10.3. The third-order valence-corrected chi connectivity index (χ3v) is 4.40. The van der Waals surface area contributed by atoms with Crippen molar-refractivity contribution in [2.45, 2.75) is 103 Å². The number of unbranched alkanes of at least 4 members (excludes halogenated alkanes) is 12. The molecule has 24 heavy (non-hydrogen) atoms. The number of rotatable bonds is 21. The molecule has 145 valence electrons. The third kappa shape index (κ3) is 21.9. The molecule has 3 heteroatoms. The molecule has 0 saturated heterocycles. The molecule has 0 spiro atoms. The molecule has 0 fully saturated rings. The van der Waals surface area contributed by atoms with Crippen LogP contribution in [0.15, 0.2) is 0 Å². The Balaban J connectivity index is 2.93. The van der Waals surface area contributed by atoms with E-state index in [0.29, 0.717) is 0 Å². The molecule has 3 nitrogen and oxygen atoms in total. The van der Waals surface area contributed by atoms with Crippen molar-refractivity contribution in [2.75, 3.05) is 33.0 Å². The van der Waals surface area contributed by atoms with Gasteiger partial charge in [-0.05, 0) is 32.1 Å². The van der Waals surface area contributed by atoms with Crippen molar-refractivity contribution in [2.24, 2.45) is 0 Å². The smallest absolute Gasteiger partial charge is 0.0822 e. The average Bonchev–Trinajstić information content (AvgIpc) is 2.60. The van der Waals surface area contributed by atoms with Gasteiger partial charge in [0.1, 0.15) is 0 Å². The van der Waals surface area contributed by atoms with E-state index in [-0.39, 0.29) is 6.61 Å². The van der Waals surface area contributed by atoms with Gasteiger partial charge >= 0.3 is 0 Å². The fourth-order valence-corrected chi connectivity index (χ4v) is 2.79. The van der Waals surface area contributed by atoms with E-state index in [9.17, 15) is 5.11 Å². The third-order valence-electron chi connectivity index (χ3n) is 4.40. The summed E-state index contributed by atoms with van der Waals surface area (Å²) in [6.07, 6.45) is 18.3. The largest absolute Gasteiger partial charge is 0.381 e. The highest BCUT2D eigenvalue weighted by molar-refractivity contribution is 4.47. The standard InChI is InChI=1S/C21H43O3/c1-2-3-4-13-18-23-20-15-10-7-11-16-21-24-19-14-9-6-5-8-12-17-22/h2-21H2,1H3. The topological polar surface area (TPSA) is 38.4 Å². The Bertz CT molecular complexity index is 187. The minimum Gasteiger partial charge on any atom is -0.381 e. The molecule has 0 unspecified atom stereocenters. The van der Waals surface area contributed by atoms with E-state index < -0.39 is 0 Å². The van der Waals surface area contributed by atoms with E-state index in [1.54, 1.807) is 0 Å². The van der Waals surface area contributed by atoms with Crippen molar-refractivity contribution in [3.63, 3.8) is 0 Å². The van der Waals surface area contributed by atoms with Gasteiger partial charge < -0.3 is 9.47 Å². The molecule has 0 aliphatic heterocycles. The number of ether oxygens (including phenoxy) is 2. The average molecular weight is 344 g/mol. The van der Waals surface area contributed by atoms with Gasteiger partial charge in [-0.2, -0.15) is 0 Å². The van der Waals surface area contributed by atoms with Gasteiger partial charge in [0, 0.05) is 26.4 Å². The lowest BCUT2D eigenvalue weighted by Crippen LogP contribution is -1.98. The predicted molar refractivity (Wildman–Crippen MR) is 102 cm³/mol. The molecule has 0 saturated carbocycles. The summed E-state index contributed by atoms with van der Waals surface area (Å²) in [5, 5.41) is 10.3. The van der Waals surface area contributed by atoms with E-state index in [1.165, 1.54) is 83.5 Å². The van der Waals surface area contributed by atoms with Crippen LogP contribution in [-0.4, -0.2) is 33.0 Å². The van der Waals surface area contributed by atoms with Crippen LogP contribution in [0.2, 0.25) is 0 Å². The van der Waals surface area contributed by atoms with Crippen molar-refractivity contribution in [3.8, 4) is 0 Å². The second-order valence-electron chi connectivity index (χ2n) is 6.88. The first-order chi connectivity index (χ1) is 11.9. The Morgan fingerprint density at radius 1 is 0.458 bits per heavy atom. The summed E-state index contributed by atoms with van der Waals surface area (Å²) in [5.74, 6) is 0. The molecule has 0 aromatic carbocycles. The number of hydrogen-bond donors (Lipinski definition) is 0. The van der Waals surface area contributed by atoms with Crippen molar-refractivity contribution in [1.29, 1.82) is 0 Å². The first-order valence-corrected chi connectivity index (χ1v) is 10.7. The van der Waals surface area contributed by atoms with Crippen LogP contribution in [0.3, 0.4) is 0 Å². The Labute approximate surface area is 151 Å². The zero-order chi connectivity index (χ0) is 17.6. The first kappa shape index (κ1) is 23.9. The molecular formula is C21H43O3. The van der Waals surface area contributed by atoms with Crippen LogP contribution >= 0.6 is 0 Å². The zero-order valence-electron chi connectivity index (χ0n) is 16.4. The van der Waals surface area contributed by atoms with E-state index in [0.717, 1.165) is 39.3 Å². The normalized spacial score (nSPS) is 11.2. The Kier molecular flexibility index (Phi) is 22.8. The molecule has 1 radical (unpaired) electrons. The second-order valence-corrected chi connectivity index (χ2v) is 6.88. The van der Waals surface area contributed by atoms with Crippen LogP contribution in [0.25, 0.3) is 0 Å². The van der Waals surface area contributed by atoms with Crippen LogP contribution in [0, 0.1) is 0 Å². The molecule has 0 heterocycles. The van der Waals surface area contributed by atoms with Gasteiger partial charge in [-0.15, -0.1) is 0 Å². The van der Waals surface area contributed by atoms with Gasteiger partial charge in [-0.3, -0.25) is 0 Å². The van der Waals surface area contributed by atoms with Crippen LogP contribution in [0.1, 0.15) is 103 Å². The number of hydrogen-bond acceptors (Lipinski definition) is 2. The molecule has 0 amide bonds. The summed E-state index contributed by atoms with van der Waals surface area (Å²) in [6, 6.07) is 0. The summed E-state index contributed by atoms with van der Waals surface area (Å²) in [4.78, 5) is 0. The minimum absolute atomic E-state index is 0.0924. The van der Waals surface area contributed by atoms with Gasteiger partial charge in [0.2, 0.25) is 0 Å². The molecule has 0 aliphatic rings. The van der Waals surface area contributed by atoms with Crippen LogP contribution in [-0.2, 0) is 14.6 Å². The molecule has 0 bridgehead atoms. The molecule has 0 aromatic heterocycles. The zero-order valence-corrected chi connectivity index (χ0v) is 16.4. The summed E-state index contributed by atoms with van der Waals surface area (Å²) < 4.78 is 11.3. The van der Waals surface area contributed by atoms with Gasteiger partial charge in [0.15, 0.2) is 0 Å². The summed E-state index contributed by atoms with van der Waals surface area (Å²) in [5.41, 5.74) is 0. The maximum Gasteiger partial charge on any atom is 0.0822 e. The van der Waals surface area contributed by atoms with E-state index in [4.69, 9.17) is 9.47 Å². The van der Waals surface area contributed by atoms with E-state index >= 15 is 0 Å². The highest BCUT2D eigenvalue weighted by Crippen LogP contribution is 2.07. The molecule has 0 rings (SSSR count). The lowest BCUT2D eigenvalue weighted by molar-refractivity contribution is 0.121. The van der Waals surface area contributed by atoms with Gasteiger partial charge in [0.05, 0.1) is 6.61 Å². The highest BCUT2D eigenvalue weighted by atomic mass is 16.5. The second kappa shape index (κ2) is 22.9. The van der Waals surface area contributed by atoms with Gasteiger partial charge in [-0.25, -0.2) is 5.11 Å². The summed E-state index contributed by atoms with van der Waals surface area (Å²) >= 11 is 0. The van der Waals surface area contributed by atoms with Crippen LogP contribution < -0.4 is 0 Å². The predicted octanol–water partition coefficient (Wildman–Crippen LogP) is 6.32. The maximum absolute atomic E-state index is 10.3. The Hall–Kier alpha value is -0.120. The Morgan fingerprint density at radius 3 is 1.17 bits per heavy atom. The fraction of sp³-hybridized carbons (Fsp3) is 1.00. The highest BCUT2D eigenvalue weighted by Gasteiger charge is 1.95. The van der Waals surface area contributed by atoms with Crippen LogP contribution in [0.5, 0.6) is 0 Å². The Morgan fingerprint density at radius 2 is 0.792 bits per heavy atom. The lowest BCUT2D eigenvalue weighted by atomic mass is 10.1. The van der Waals surface area contributed by atoms with Crippen molar-refractivity contribution in [3.05, 3.63) is 0 Å². The van der Waals surface area contributed by atoms with Gasteiger partial charge in [-0.1, -0.05) is 71.1 Å². The molecule has 0 aliphatic carbocycles. The monoisotopic (exact) mass is 343 g/mol. The van der Waals surface area contributed by atoms with Crippen molar-refractivity contribution < 1.29 is 14.6 Å². The molecule has 0 N–H and O–H groups in total. The van der Waals surface area contributed by atoms with Crippen molar-refractivity contribution >= 4 is 0 Å². The minimum atomic E-state index is 0.0924. The fourth-order valence-electron chi connectivity index (χ4n) is 2.79. The lowest BCUT2D eigenvalue weighted by Gasteiger charge is -2.05. The van der Waals surface area contributed by atoms with Crippen LogP contribution in [0.4, 0.5) is 0 Å².